The molecule has 2 fully saturated rings. The van der Waals surface area contributed by atoms with Crippen LogP contribution in [0.25, 0.3) is 0 Å². The number of furan rings is 1. The molecule has 5 heteroatoms. The van der Waals surface area contributed by atoms with Gasteiger partial charge in [-0.3, -0.25) is 4.79 Å². The van der Waals surface area contributed by atoms with Crippen LogP contribution in [0.4, 0.5) is 0 Å². The first-order valence-electron chi connectivity index (χ1n) is 7.79. The minimum absolute atomic E-state index is 0. The van der Waals surface area contributed by atoms with Gasteiger partial charge in [0, 0.05) is 12.1 Å². The molecule has 0 aliphatic heterocycles. The Kier molecular flexibility index (Phi) is 5.33. The summed E-state index contributed by atoms with van der Waals surface area (Å²) < 4.78 is 5.32. The van der Waals surface area contributed by atoms with Gasteiger partial charge in [-0.1, -0.05) is 6.92 Å². The molecule has 0 saturated heterocycles. The lowest BCUT2D eigenvalue weighted by Crippen LogP contribution is -2.43. The van der Waals surface area contributed by atoms with Crippen LogP contribution in [0.1, 0.15) is 61.6 Å². The number of hydrogen-bond acceptors (Lipinski definition) is 3. The third-order valence-corrected chi connectivity index (χ3v) is 4.66. The summed E-state index contributed by atoms with van der Waals surface area (Å²) in [5, 5.41) is 0. The van der Waals surface area contributed by atoms with Crippen LogP contribution in [0.15, 0.2) is 16.7 Å². The standard InChI is InChI=1S/C16H24N2O2.ClH/c1-11-2-4-13(5-3-11)18(14-6-7-14)16(19)12-8-15(9-17)20-10-12;/h8,10-11,13-14H,2-7,9,17H2,1H3;1H. The van der Waals surface area contributed by atoms with Gasteiger partial charge in [-0.2, -0.15) is 0 Å². The predicted molar refractivity (Wildman–Crippen MR) is 84.5 cm³/mol. The molecular weight excluding hydrogens is 288 g/mol. The highest BCUT2D eigenvalue weighted by atomic mass is 35.5. The van der Waals surface area contributed by atoms with E-state index in [1.54, 1.807) is 12.3 Å². The molecule has 0 unspecified atom stereocenters. The molecule has 21 heavy (non-hydrogen) atoms. The smallest absolute Gasteiger partial charge is 0.257 e. The summed E-state index contributed by atoms with van der Waals surface area (Å²) in [4.78, 5) is 14.9. The first-order chi connectivity index (χ1) is 9.69. The lowest BCUT2D eigenvalue weighted by Gasteiger charge is -2.36. The largest absolute Gasteiger partial charge is 0.467 e. The third-order valence-electron chi connectivity index (χ3n) is 4.66. The van der Waals surface area contributed by atoms with Crippen LogP contribution in [-0.4, -0.2) is 22.9 Å². The number of carbonyl (C=O) groups excluding carboxylic acids is 1. The molecule has 1 aromatic rings. The summed E-state index contributed by atoms with van der Waals surface area (Å²) in [6.07, 6.45) is 8.63. The summed E-state index contributed by atoms with van der Waals surface area (Å²) in [7, 11) is 0. The highest BCUT2D eigenvalue weighted by molar-refractivity contribution is 5.94. The van der Waals surface area contributed by atoms with Gasteiger partial charge in [-0.25, -0.2) is 0 Å². The number of amides is 1. The van der Waals surface area contributed by atoms with E-state index in [0.717, 1.165) is 31.6 Å². The van der Waals surface area contributed by atoms with Crippen molar-refractivity contribution < 1.29 is 9.21 Å². The van der Waals surface area contributed by atoms with Crippen molar-refractivity contribution in [3.05, 3.63) is 23.7 Å². The van der Waals surface area contributed by atoms with Crippen molar-refractivity contribution in [1.82, 2.24) is 4.90 Å². The van der Waals surface area contributed by atoms with Gasteiger partial charge >= 0.3 is 0 Å². The van der Waals surface area contributed by atoms with E-state index in [0.29, 0.717) is 30.0 Å². The lowest BCUT2D eigenvalue weighted by molar-refractivity contribution is 0.0592. The van der Waals surface area contributed by atoms with E-state index in [4.69, 9.17) is 10.2 Å². The second-order valence-electron chi connectivity index (χ2n) is 6.36. The van der Waals surface area contributed by atoms with Gasteiger partial charge in [0.1, 0.15) is 12.0 Å². The Morgan fingerprint density at radius 1 is 1.24 bits per heavy atom. The zero-order valence-electron chi connectivity index (χ0n) is 12.6. The number of rotatable bonds is 4. The molecule has 3 rings (SSSR count). The second kappa shape index (κ2) is 6.84. The summed E-state index contributed by atoms with van der Waals surface area (Å²) in [5.74, 6) is 1.62. The molecular formula is C16H25ClN2O2. The quantitative estimate of drug-likeness (QED) is 0.927. The van der Waals surface area contributed by atoms with Gasteiger partial charge in [0.25, 0.3) is 5.91 Å². The van der Waals surface area contributed by atoms with Gasteiger partial charge in [-0.05, 0) is 50.5 Å². The maximum Gasteiger partial charge on any atom is 0.257 e. The SMILES string of the molecule is CC1CCC(N(C(=O)c2coc(CN)c2)C2CC2)CC1.Cl. The van der Waals surface area contributed by atoms with E-state index in [-0.39, 0.29) is 18.3 Å². The molecule has 2 aliphatic rings. The number of carbonyl (C=O) groups is 1. The number of halogens is 1. The van der Waals surface area contributed by atoms with E-state index >= 15 is 0 Å². The van der Waals surface area contributed by atoms with Gasteiger partial charge in [-0.15, -0.1) is 12.4 Å². The Labute approximate surface area is 132 Å². The number of hydrogen-bond donors (Lipinski definition) is 1. The molecule has 4 nitrogen and oxygen atoms in total. The summed E-state index contributed by atoms with van der Waals surface area (Å²) in [5.41, 5.74) is 6.21. The first-order valence-corrected chi connectivity index (χ1v) is 7.79. The van der Waals surface area contributed by atoms with Crippen molar-refractivity contribution >= 4 is 18.3 Å². The normalized spacial score (nSPS) is 25.2. The van der Waals surface area contributed by atoms with Crippen molar-refractivity contribution in [2.75, 3.05) is 0 Å². The average Bonchev–Trinajstić information content (AvgIpc) is 3.17. The molecule has 0 spiro atoms. The van der Waals surface area contributed by atoms with Crippen LogP contribution in [0.5, 0.6) is 0 Å². The van der Waals surface area contributed by atoms with Crippen LogP contribution in [0.3, 0.4) is 0 Å². The Morgan fingerprint density at radius 2 is 1.81 bits per heavy atom. The van der Waals surface area contributed by atoms with Gasteiger partial charge in [0.2, 0.25) is 0 Å². The molecule has 1 aromatic heterocycles. The monoisotopic (exact) mass is 312 g/mol. The molecule has 0 radical (unpaired) electrons. The van der Waals surface area contributed by atoms with E-state index in [1.807, 2.05) is 0 Å². The topological polar surface area (TPSA) is 59.5 Å². The van der Waals surface area contributed by atoms with E-state index in [2.05, 4.69) is 11.8 Å². The van der Waals surface area contributed by atoms with Crippen molar-refractivity contribution in [3.63, 3.8) is 0 Å². The number of nitrogens with two attached hydrogens (primary N) is 1. The zero-order valence-corrected chi connectivity index (χ0v) is 13.4. The maximum absolute atomic E-state index is 12.8. The number of nitrogens with zero attached hydrogens (tertiary/aromatic N) is 1. The van der Waals surface area contributed by atoms with Crippen molar-refractivity contribution in [1.29, 1.82) is 0 Å². The Bertz CT molecular complexity index is 476. The minimum Gasteiger partial charge on any atom is -0.467 e. The van der Waals surface area contributed by atoms with Crippen molar-refractivity contribution in [3.8, 4) is 0 Å². The average molecular weight is 313 g/mol. The van der Waals surface area contributed by atoms with Crippen LogP contribution >= 0.6 is 12.4 Å². The van der Waals surface area contributed by atoms with E-state index in [1.165, 1.54) is 12.8 Å². The van der Waals surface area contributed by atoms with E-state index in [9.17, 15) is 4.79 Å². The summed E-state index contributed by atoms with van der Waals surface area (Å²) in [6, 6.07) is 2.67. The molecule has 2 aliphatic carbocycles. The zero-order chi connectivity index (χ0) is 14.1. The molecule has 1 amide bonds. The van der Waals surface area contributed by atoms with Crippen molar-refractivity contribution in [2.24, 2.45) is 11.7 Å². The molecule has 0 aromatic carbocycles. The van der Waals surface area contributed by atoms with Gasteiger partial charge < -0.3 is 15.1 Å². The lowest BCUT2D eigenvalue weighted by atomic mass is 9.86. The van der Waals surface area contributed by atoms with Crippen LogP contribution in [0, 0.1) is 5.92 Å². The van der Waals surface area contributed by atoms with E-state index < -0.39 is 0 Å². The molecule has 0 atom stereocenters. The van der Waals surface area contributed by atoms with Crippen LogP contribution in [0.2, 0.25) is 0 Å². The third kappa shape index (κ3) is 3.61. The molecule has 2 N–H and O–H groups in total. The van der Waals surface area contributed by atoms with Crippen LogP contribution < -0.4 is 5.73 Å². The predicted octanol–water partition coefficient (Wildman–Crippen LogP) is 3.34. The second-order valence-corrected chi connectivity index (χ2v) is 6.36. The first kappa shape index (κ1) is 16.4. The van der Waals surface area contributed by atoms with Gasteiger partial charge in [0.05, 0.1) is 12.1 Å². The fourth-order valence-electron chi connectivity index (χ4n) is 3.25. The van der Waals surface area contributed by atoms with Gasteiger partial charge in [0.15, 0.2) is 0 Å². The fraction of sp³-hybridized carbons (Fsp3) is 0.688. The maximum atomic E-state index is 12.8. The highest BCUT2D eigenvalue weighted by Crippen LogP contribution is 2.36. The molecule has 1 heterocycles. The molecule has 0 bridgehead atoms. The van der Waals surface area contributed by atoms with Crippen molar-refractivity contribution in [2.45, 2.75) is 64.1 Å². The Balaban J connectivity index is 0.00000161. The summed E-state index contributed by atoms with van der Waals surface area (Å²) >= 11 is 0. The highest BCUT2D eigenvalue weighted by Gasteiger charge is 2.39. The fourth-order valence-corrected chi connectivity index (χ4v) is 3.25. The minimum atomic E-state index is 0. The molecule has 2 saturated carbocycles. The summed E-state index contributed by atoms with van der Waals surface area (Å²) in [6.45, 7) is 2.65. The Morgan fingerprint density at radius 3 is 2.29 bits per heavy atom. The molecule has 118 valence electrons. The van der Waals surface area contributed by atoms with Crippen LogP contribution in [-0.2, 0) is 6.54 Å². The Hall–Kier alpha value is -1.00.